The summed E-state index contributed by atoms with van der Waals surface area (Å²) in [6.07, 6.45) is 11.2. The van der Waals surface area contributed by atoms with Gasteiger partial charge in [-0.25, -0.2) is 15.0 Å². The van der Waals surface area contributed by atoms with E-state index in [4.69, 9.17) is 27.1 Å². The van der Waals surface area contributed by atoms with Crippen molar-refractivity contribution >= 4 is 40.6 Å². The molecule has 3 aromatic heterocycles. The van der Waals surface area contributed by atoms with Gasteiger partial charge in [-0.2, -0.15) is 0 Å². The highest BCUT2D eigenvalue weighted by Gasteiger charge is 2.41. The summed E-state index contributed by atoms with van der Waals surface area (Å²) in [7, 11) is 0. The van der Waals surface area contributed by atoms with Crippen molar-refractivity contribution in [2.75, 3.05) is 30.3 Å². The molecule has 1 spiro atoms. The van der Waals surface area contributed by atoms with E-state index in [1.807, 2.05) is 24.7 Å². The minimum absolute atomic E-state index is 0.320. The zero-order chi connectivity index (χ0) is 20.0. The van der Waals surface area contributed by atoms with Gasteiger partial charge in [-0.15, -0.1) is 0 Å². The molecule has 0 radical (unpaired) electrons. The number of hydrogen-bond donors (Lipinski definition) is 1. The van der Waals surface area contributed by atoms with Crippen LogP contribution in [0, 0.1) is 5.41 Å². The van der Waals surface area contributed by atoms with Gasteiger partial charge in [0.1, 0.15) is 16.7 Å². The van der Waals surface area contributed by atoms with Gasteiger partial charge < -0.3 is 15.4 Å². The Balaban J connectivity index is 1.40. The van der Waals surface area contributed by atoms with E-state index in [-0.39, 0.29) is 0 Å². The molecular weight excluding hydrogens is 408 g/mol. The standard InChI is InChI=1S/C20H23ClN6OS/c1-13-10-20(12-28-13)3-7-26(8-4-20)15-11-25-19(18-24-6-9-27(15)18)29-14-2-5-23-17(22)16(14)21/h2,5-6,9,11,13H,3-4,7-8,10,12H2,1H3,(H2,22,23)/t13-/m0/s1. The van der Waals surface area contributed by atoms with Crippen molar-refractivity contribution in [3.63, 3.8) is 0 Å². The SMILES string of the molecule is C[C@H]1CC2(CCN(c3cnc(Sc4ccnc(N)c4Cl)c4nccn34)CC2)CO1. The third-order valence-electron chi connectivity index (χ3n) is 6.01. The summed E-state index contributed by atoms with van der Waals surface area (Å²) in [6, 6.07) is 1.84. The van der Waals surface area contributed by atoms with Gasteiger partial charge in [0.15, 0.2) is 5.65 Å². The second-order valence-electron chi connectivity index (χ2n) is 7.97. The van der Waals surface area contributed by atoms with Crippen molar-refractivity contribution in [1.82, 2.24) is 19.4 Å². The van der Waals surface area contributed by atoms with Crippen molar-refractivity contribution in [3.8, 4) is 0 Å². The lowest BCUT2D eigenvalue weighted by molar-refractivity contribution is 0.0975. The fourth-order valence-electron chi connectivity index (χ4n) is 4.42. The first-order valence-electron chi connectivity index (χ1n) is 9.81. The molecule has 1 atom stereocenters. The fourth-order valence-corrected chi connectivity index (χ4v) is 5.53. The summed E-state index contributed by atoms with van der Waals surface area (Å²) < 4.78 is 7.97. The summed E-state index contributed by atoms with van der Waals surface area (Å²) in [5, 5.41) is 1.24. The van der Waals surface area contributed by atoms with Gasteiger partial charge in [0.05, 0.1) is 23.9 Å². The molecule has 2 aliphatic heterocycles. The lowest BCUT2D eigenvalue weighted by Gasteiger charge is -2.39. The Bertz CT molecular complexity index is 1050. The number of nitrogens with two attached hydrogens (primary N) is 1. The van der Waals surface area contributed by atoms with Gasteiger partial charge in [-0.05, 0) is 37.7 Å². The number of imidazole rings is 1. The zero-order valence-electron chi connectivity index (χ0n) is 16.2. The number of rotatable bonds is 3. The number of anilines is 2. The van der Waals surface area contributed by atoms with Crippen LogP contribution in [0.25, 0.3) is 5.65 Å². The fraction of sp³-hybridized carbons (Fsp3) is 0.450. The van der Waals surface area contributed by atoms with Crippen LogP contribution in [0.1, 0.15) is 26.2 Å². The Labute approximate surface area is 178 Å². The molecular formula is C20H23ClN6OS. The van der Waals surface area contributed by atoms with E-state index < -0.39 is 0 Å². The van der Waals surface area contributed by atoms with Crippen molar-refractivity contribution in [2.45, 2.75) is 42.2 Å². The van der Waals surface area contributed by atoms with Crippen LogP contribution in [0.15, 0.2) is 40.8 Å². The van der Waals surface area contributed by atoms with Crippen LogP contribution < -0.4 is 10.6 Å². The first-order chi connectivity index (χ1) is 14.0. The monoisotopic (exact) mass is 430 g/mol. The van der Waals surface area contributed by atoms with Crippen molar-refractivity contribution in [1.29, 1.82) is 0 Å². The normalized spacial score (nSPS) is 21.3. The average Bonchev–Trinajstić information content (AvgIpc) is 3.34. The molecule has 2 aliphatic rings. The van der Waals surface area contributed by atoms with Crippen molar-refractivity contribution < 1.29 is 4.74 Å². The maximum absolute atomic E-state index is 6.31. The molecule has 0 unspecified atom stereocenters. The molecule has 0 aromatic carbocycles. The number of fused-ring (bicyclic) bond motifs is 1. The molecule has 152 valence electrons. The van der Waals surface area contributed by atoms with Gasteiger partial charge in [0.2, 0.25) is 0 Å². The third kappa shape index (κ3) is 3.43. The molecule has 2 saturated heterocycles. The zero-order valence-corrected chi connectivity index (χ0v) is 17.8. The van der Waals surface area contributed by atoms with E-state index in [2.05, 4.69) is 26.2 Å². The van der Waals surface area contributed by atoms with Gasteiger partial charge in [-0.1, -0.05) is 23.4 Å². The van der Waals surface area contributed by atoms with Gasteiger partial charge >= 0.3 is 0 Å². The number of piperidine rings is 1. The third-order valence-corrected chi connectivity index (χ3v) is 7.56. The molecule has 0 aliphatic carbocycles. The molecule has 29 heavy (non-hydrogen) atoms. The Morgan fingerprint density at radius 1 is 1.24 bits per heavy atom. The second kappa shape index (κ2) is 7.34. The highest BCUT2D eigenvalue weighted by molar-refractivity contribution is 7.99. The van der Waals surface area contributed by atoms with E-state index in [0.29, 0.717) is 22.4 Å². The van der Waals surface area contributed by atoms with E-state index >= 15 is 0 Å². The van der Waals surface area contributed by atoms with Crippen LogP contribution >= 0.6 is 23.4 Å². The Morgan fingerprint density at radius 2 is 2.07 bits per heavy atom. The summed E-state index contributed by atoms with van der Waals surface area (Å²) in [4.78, 5) is 16.5. The van der Waals surface area contributed by atoms with Gasteiger partial charge in [0, 0.05) is 36.6 Å². The number of aromatic nitrogens is 4. The highest BCUT2D eigenvalue weighted by atomic mass is 35.5. The Kier molecular flexibility index (Phi) is 4.80. The number of nitrogens with zero attached hydrogens (tertiary/aromatic N) is 5. The topological polar surface area (TPSA) is 81.6 Å². The van der Waals surface area contributed by atoms with Crippen LogP contribution in [0.2, 0.25) is 5.02 Å². The summed E-state index contributed by atoms with van der Waals surface area (Å²) >= 11 is 7.76. The van der Waals surface area contributed by atoms with Crippen LogP contribution in [0.4, 0.5) is 11.6 Å². The molecule has 0 amide bonds. The van der Waals surface area contributed by atoms with E-state index in [1.54, 1.807) is 6.20 Å². The molecule has 0 bridgehead atoms. The molecule has 2 N–H and O–H groups in total. The largest absolute Gasteiger partial charge is 0.382 e. The number of pyridine rings is 1. The van der Waals surface area contributed by atoms with Crippen LogP contribution in [-0.4, -0.2) is 45.2 Å². The lowest BCUT2D eigenvalue weighted by Crippen LogP contribution is -2.41. The van der Waals surface area contributed by atoms with Gasteiger partial charge in [-0.3, -0.25) is 4.40 Å². The molecule has 2 fully saturated rings. The summed E-state index contributed by atoms with van der Waals surface area (Å²) in [5.74, 6) is 1.39. The van der Waals surface area contributed by atoms with Crippen molar-refractivity contribution in [2.24, 2.45) is 5.41 Å². The number of halogens is 1. The maximum atomic E-state index is 6.31. The number of hydrogen-bond acceptors (Lipinski definition) is 7. The van der Waals surface area contributed by atoms with Crippen LogP contribution in [-0.2, 0) is 4.74 Å². The summed E-state index contributed by atoms with van der Waals surface area (Å²) in [5.41, 5.74) is 7.00. The first-order valence-corrected chi connectivity index (χ1v) is 11.0. The maximum Gasteiger partial charge on any atom is 0.171 e. The van der Waals surface area contributed by atoms with E-state index in [0.717, 1.165) is 53.9 Å². The number of nitrogen functional groups attached to an aromatic ring is 1. The van der Waals surface area contributed by atoms with Gasteiger partial charge in [0.25, 0.3) is 0 Å². The van der Waals surface area contributed by atoms with Crippen LogP contribution in [0.3, 0.4) is 0 Å². The second-order valence-corrected chi connectivity index (χ2v) is 9.37. The average molecular weight is 431 g/mol. The molecule has 5 rings (SSSR count). The minimum Gasteiger partial charge on any atom is -0.382 e. The molecule has 5 heterocycles. The highest BCUT2D eigenvalue weighted by Crippen LogP contribution is 2.43. The number of ether oxygens (including phenoxy) is 1. The van der Waals surface area contributed by atoms with E-state index in [9.17, 15) is 0 Å². The minimum atomic E-state index is 0.320. The summed E-state index contributed by atoms with van der Waals surface area (Å²) in [6.45, 7) is 5.08. The predicted octanol–water partition coefficient (Wildman–Crippen LogP) is 3.91. The molecule has 0 saturated carbocycles. The molecule has 3 aromatic rings. The lowest BCUT2D eigenvalue weighted by atomic mass is 9.77. The first kappa shape index (κ1) is 19.0. The Hall–Kier alpha value is -2.03. The predicted molar refractivity (Wildman–Crippen MR) is 115 cm³/mol. The molecule has 7 nitrogen and oxygen atoms in total. The van der Waals surface area contributed by atoms with Crippen LogP contribution in [0.5, 0.6) is 0 Å². The Morgan fingerprint density at radius 3 is 2.83 bits per heavy atom. The molecule has 9 heteroatoms. The van der Waals surface area contributed by atoms with E-state index in [1.165, 1.54) is 18.2 Å². The smallest absolute Gasteiger partial charge is 0.171 e. The van der Waals surface area contributed by atoms with Crippen molar-refractivity contribution in [3.05, 3.63) is 35.9 Å². The quantitative estimate of drug-likeness (QED) is 0.674.